The first-order valence-corrected chi connectivity index (χ1v) is 7.24. The molecule has 0 aromatic carbocycles. The number of amides is 1. The molecule has 0 saturated carbocycles. The standard InChI is InChI=1S/C15H15N3O2S/c1-10-6-14(11(2)18-17-10)15(20)16-8-13-7-12(9-21-13)4-3-5-19/h6-7,9,19H,5,8H2,1-2H3,(H,16,20). The van der Waals surface area contributed by atoms with Crippen molar-refractivity contribution in [3.63, 3.8) is 0 Å². The zero-order valence-electron chi connectivity index (χ0n) is 11.8. The summed E-state index contributed by atoms with van der Waals surface area (Å²) in [6, 6.07) is 3.63. The van der Waals surface area contributed by atoms with E-state index >= 15 is 0 Å². The van der Waals surface area contributed by atoms with E-state index in [1.807, 2.05) is 11.4 Å². The second-order valence-electron chi connectivity index (χ2n) is 4.43. The highest BCUT2D eigenvalue weighted by Gasteiger charge is 2.11. The van der Waals surface area contributed by atoms with E-state index in [0.29, 0.717) is 23.5 Å². The lowest BCUT2D eigenvalue weighted by molar-refractivity contribution is 0.0950. The van der Waals surface area contributed by atoms with Gasteiger partial charge >= 0.3 is 0 Å². The molecule has 2 aromatic heterocycles. The summed E-state index contributed by atoms with van der Waals surface area (Å²) < 4.78 is 0. The van der Waals surface area contributed by atoms with Crippen molar-refractivity contribution in [2.45, 2.75) is 20.4 Å². The van der Waals surface area contributed by atoms with Crippen LogP contribution in [0.1, 0.15) is 32.2 Å². The Morgan fingerprint density at radius 2 is 2.19 bits per heavy atom. The van der Waals surface area contributed by atoms with E-state index in [2.05, 4.69) is 27.4 Å². The number of hydrogen-bond donors (Lipinski definition) is 2. The highest BCUT2D eigenvalue weighted by molar-refractivity contribution is 7.10. The van der Waals surface area contributed by atoms with Crippen LogP contribution in [0.2, 0.25) is 0 Å². The topological polar surface area (TPSA) is 75.1 Å². The monoisotopic (exact) mass is 301 g/mol. The van der Waals surface area contributed by atoms with Crippen LogP contribution in [0.5, 0.6) is 0 Å². The van der Waals surface area contributed by atoms with Crippen LogP contribution in [-0.2, 0) is 6.54 Å². The number of aliphatic hydroxyl groups excluding tert-OH is 1. The number of aliphatic hydroxyl groups is 1. The van der Waals surface area contributed by atoms with Crippen molar-refractivity contribution in [2.24, 2.45) is 0 Å². The number of rotatable bonds is 3. The number of nitrogens with one attached hydrogen (secondary N) is 1. The Morgan fingerprint density at radius 1 is 1.38 bits per heavy atom. The number of nitrogens with zero attached hydrogens (tertiary/aromatic N) is 2. The van der Waals surface area contributed by atoms with Gasteiger partial charge in [-0.2, -0.15) is 10.2 Å². The van der Waals surface area contributed by atoms with Gasteiger partial charge in [0.1, 0.15) is 6.61 Å². The van der Waals surface area contributed by atoms with Gasteiger partial charge in [0.2, 0.25) is 0 Å². The van der Waals surface area contributed by atoms with Gasteiger partial charge in [0.15, 0.2) is 0 Å². The van der Waals surface area contributed by atoms with Crippen LogP contribution >= 0.6 is 11.3 Å². The quantitative estimate of drug-likeness (QED) is 0.841. The maximum absolute atomic E-state index is 12.1. The first kappa shape index (κ1) is 15.2. The predicted molar refractivity (Wildman–Crippen MR) is 81.0 cm³/mol. The number of carbonyl (C=O) groups is 1. The second-order valence-corrected chi connectivity index (χ2v) is 5.42. The Kier molecular flexibility index (Phi) is 5.04. The van der Waals surface area contributed by atoms with Gasteiger partial charge < -0.3 is 10.4 Å². The largest absolute Gasteiger partial charge is 0.384 e. The molecular weight excluding hydrogens is 286 g/mol. The zero-order valence-corrected chi connectivity index (χ0v) is 12.6. The molecule has 0 spiro atoms. The fraction of sp³-hybridized carbons (Fsp3) is 0.267. The molecule has 0 aliphatic heterocycles. The van der Waals surface area contributed by atoms with E-state index in [1.54, 1.807) is 19.9 Å². The molecule has 1 amide bonds. The van der Waals surface area contributed by atoms with Crippen LogP contribution in [0.15, 0.2) is 17.5 Å². The predicted octanol–water partition coefficient (Wildman–Crippen LogP) is 1.43. The zero-order chi connectivity index (χ0) is 15.2. The number of aromatic nitrogens is 2. The first-order valence-electron chi connectivity index (χ1n) is 6.36. The first-order chi connectivity index (χ1) is 10.1. The van der Waals surface area contributed by atoms with Crippen LogP contribution in [-0.4, -0.2) is 27.8 Å². The van der Waals surface area contributed by atoms with Gasteiger partial charge in [0.25, 0.3) is 5.91 Å². The molecule has 0 saturated heterocycles. The van der Waals surface area contributed by atoms with Crippen LogP contribution in [0.4, 0.5) is 0 Å². The summed E-state index contributed by atoms with van der Waals surface area (Å²) in [5.41, 5.74) is 2.71. The highest BCUT2D eigenvalue weighted by Crippen LogP contribution is 2.14. The lowest BCUT2D eigenvalue weighted by atomic mass is 10.2. The fourth-order valence-electron chi connectivity index (χ4n) is 1.72. The molecule has 0 aliphatic carbocycles. The van der Waals surface area contributed by atoms with Crippen LogP contribution in [0.25, 0.3) is 0 Å². The number of aryl methyl sites for hydroxylation is 2. The van der Waals surface area contributed by atoms with Crippen LogP contribution < -0.4 is 5.32 Å². The third kappa shape index (κ3) is 4.12. The maximum atomic E-state index is 12.1. The molecule has 0 fully saturated rings. The van der Waals surface area contributed by atoms with E-state index in [1.165, 1.54) is 11.3 Å². The second kappa shape index (κ2) is 6.97. The van der Waals surface area contributed by atoms with Gasteiger partial charge in [-0.15, -0.1) is 11.3 Å². The minimum atomic E-state index is -0.165. The van der Waals surface area contributed by atoms with E-state index in [-0.39, 0.29) is 12.5 Å². The minimum Gasteiger partial charge on any atom is -0.384 e. The van der Waals surface area contributed by atoms with Crippen molar-refractivity contribution < 1.29 is 9.90 Å². The number of thiophene rings is 1. The summed E-state index contributed by atoms with van der Waals surface area (Å²) in [7, 11) is 0. The van der Waals surface area contributed by atoms with E-state index in [0.717, 1.165) is 10.4 Å². The SMILES string of the molecule is Cc1cc(C(=O)NCc2cc(C#CCO)cs2)c(C)nn1. The smallest absolute Gasteiger partial charge is 0.253 e. The fourth-order valence-corrected chi connectivity index (χ4v) is 2.48. The van der Waals surface area contributed by atoms with E-state index in [9.17, 15) is 4.79 Å². The van der Waals surface area contributed by atoms with Crippen molar-refractivity contribution >= 4 is 17.2 Å². The molecular formula is C15H15N3O2S. The molecule has 2 heterocycles. The van der Waals surface area contributed by atoms with Gasteiger partial charge in [-0.1, -0.05) is 11.8 Å². The Hall–Kier alpha value is -2.23. The Labute approximate surface area is 127 Å². The van der Waals surface area contributed by atoms with Gasteiger partial charge in [0, 0.05) is 15.8 Å². The maximum Gasteiger partial charge on any atom is 0.253 e. The molecule has 5 nitrogen and oxygen atoms in total. The van der Waals surface area contributed by atoms with Gasteiger partial charge in [-0.05, 0) is 26.0 Å². The Bertz CT molecular complexity index is 713. The summed E-state index contributed by atoms with van der Waals surface area (Å²) in [5.74, 6) is 5.26. The van der Waals surface area contributed by atoms with Gasteiger partial charge in [-0.25, -0.2) is 0 Å². The Balaban J connectivity index is 2.01. The molecule has 2 rings (SSSR count). The normalized spacial score (nSPS) is 9.86. The van der Waals surface area contributed by atoms with Gasteiger partial charge in [-0.3, -0.25) is 4.79 Å². The van der Waals surface area contributed by atoms with E-state index in [4.69, 9.17) is 5.11 Å². The molecule has 6 heteroatoms. The van der Waals surface area contributed by atoms with Crippen LogP contribution in [0.3, 0.4) is 0 Å². The molecule has 0 unspecified atom stereocenters. The summed E-state index contributed by atoms with van der Waals surface area (Å²) >= 11 is 1.52. The molecule has 2 aromatic rings. The van der Waals surface area contributed by atoms with Crippen LogP contribution in [0, 0.1) is 25.7 Å². The average Bonchev–Trinajstić information content (AvgIpc) is 2.93. The van der Waals surface area contributed by atoms with Crippen molar-refractivity contribution in [3.05, 3.63) is 44.9 Å². The summed E-state index contributed by atoms with van der Waals surface area (Å²) in [6.45, 7) is 3.84. The van der Waals surface area contributed by atoms with Gasteiger partial charge in [0.05, 0.1) is 23.5 Å². The van der Waals surface area contributed by atoms with Crippen molar-refractivity contribution in [1.82, 2.24) is 15.5 Å². The highest BCUT2D eigenvalue weighted by atomic mass is 32.1. The van der Waals surface area contributed by atoms with Crippen molar-refractivity contribution in [2.75, 3.05) is 6.61 Å². The Morgan fingerprint density at radius 3 is 2.95 bits per heavy atom. The minimum absolute atomic E-state index is 0.157. The number of carbonyl (C=O) groups excluding carboxylic acids is 1. The molecule has 2 N–H and O–H groups in total. The average molecular weight is 301 g/mol. The third-order valence-electron chi connectivity index (χ3n) is 2.73. The lowest BCUT2D eigenvalue weighted by Crippen LogP contribution is -2.24. The molecule has 108 valence electrons. The van der Waals surface area contributed by atoms with Crippen molar-refractivity contribution in [1.29, 1.82) is 0 Å². The lowest BCUT2D eigenvalue weighted by Gasteiger charge is -2.06. The summed E-state index contributed by atoms with van der Waals surface area (Å²) in [5, 5.41) is 21.3. The molecule has 21 heavy (non-hydrogen) atoms. The molecule has 0 aliphatic rings. The molecule has 0 bridgehead atoms. The third-order valence-corrected chi connectivity index (χ3v) is 3.67. The van der Waals surface area contributed by atoms with Crippen molar-refractivity contribution in [3.8, 4) is 11.8 Å². The molecule has 0 radical (unpaired) electrons. The summed E-state index contributed by atoms with van der Waals surface area (Å²) in [6.07, 6.45) is 0. The number of hydrogen-bond acceptors (Lipinski definition) is 5. The summed E-state index contributed by atoms with van der Waals surface area (Å²) in [4.78, 5) is 13.1. The molecule has 0 atom stereocenters. The van der Waals surface area contributed by atoms with E-state index < -0.39 is 0 Å².